The monoisotopic (exact) mass is 350 g/mol. The van der Waals surface area contributed by atoms with E-state index in [2.05, 4.69) is 5.32 Å². The van der Waals surface area contributed by atoms with Crippen LogP contribution in [-0.4, -0.2) is 48.1 Å². The van der Waals surface area contributed by atoms with Crippen LogP contribution in [0.25, 0.3) is 0 Å². The molecule has 1 N–H and O–H groups in total. The molecule has 3 aliphatic rings. The van der Waals surface area contributed by atoms with Gasteiger partial charge in [-0.25, -0.2) is 8.78 Å². The summed E-state index contributed by atoms with van der Waals surface area (Å²) in [6, 6.07) is 2.91. The largest absolute Gasteiger partial charge is 0.369 e. The summed E-state index contributed by atoms with van der Waals surface area (Å²) in [5.74, 6) is -1.82. The Bertz CT molecular complexity index is 741. The average Bonchev–Trinajstić information content (AvgIpc) is 3.20. The minimum absolute atomic E-state index is 0.0343. The average molecular weight is 350 g/mol. The molecule has 0 unspecified atom stereocenters. The van der Waals surface area contributed by atoms with E-state index in [4.69, 9.17) is 4.74 Å². The highest BCUT2D eigenvalue weighted by Gasteiger charge is 2.63. The van der Waals surface area contributed by atoms with Crippen LogP contribution in [0.2, 0.25) is 0 Å². The van der Waals surface area contributed by atoms with Gasteiger partial charge in [0, 0.05) is 37.9 Å². The maximum Gasteiger partial charge on any atom is 0.254 e. The molecular weight excluding hydrogens is 330 g/mol. The summed E-state index contributed by atoms with van der Waals surface area (Å²) >= 11 is 0. The van der Waals surface area contributed by atoms with Gasteiger partial charge in [0.2, 0.25) is 5.91 Å². The van der Waals surface area contributed by atoms with Gasteiger partial charge < -0.3 is 15.0 Å². The summed E-state index contributed by atoms with van der Waals surface area (Å²) < 4.78 is 32.9. The highest BCUT2D eigenvalue weighted by atomic mass is 19.1. The molecule has 1 aromatic carbocycles. The van der Waals surface area contributed by atoms with Gasteiger partial charge in [0.1, 0.15) is 11.6 Å². The Morgan fingerprint density at radius 1 is 1.40 bits per heavy atom. The van der Waals surface area contributed by atoms with Crippen molar-refractivity contribution in [2.45, 2.75) is 31.5 Å². The van der Waals surface area contributed by atoms with E-state index in [1.54, 1.807) is 11.8 Å². The van der Waals surface area contributed by atoms with Gasteiger partial charge in [-0.15, -0.1) is 0 Å². The Kier molecular flexibility index (Phi) is 3.79. The second-order valence-corrected chi connectivity index (χ2v) is 7.26. The third kappa shape index (κ3) is 2.61. The van der Waals surface area contributed by atoms with E-state index >= 15 is 0 Å². The zero-order chi connectivity index (χ0) is 17.8. The number of halogens is 2. The van der Waals surface area contributed by atoms with Crippen LogP contribution in [0, 0.1) is 23.5 Å². The SMILES string of the molecule is CC(=O)N1C[C@@H]2[C@H](CNC(=O)c3ccc(F)cc3F)[C@H]3CC[C@]2(C1)O3. The molecule has 25 heavy (non-hydrogen) atoms. The molecule has 0 radical (unpaired) electrons. The Hall–Kier alpha value is -2.02. The molecule has 1 spiro atoms. The number of amides is 2. The number of rotatable bonds is 3. The van der Waals surface area contributed by atoms with Gasteiger partial charge in [0.25, 0.3) is 5.91 Å². The van der Waals surface area contributed by atoms with Gasteiger partial charge in [0.05, 0.1) is 23.8 Å². The van der Waals surface area contributed by atoms with Crippen molar-refractivity contribution in [3.05, 3.63) is 35.4 Å². The number of hydrogen-bond donors (Lipinski definition) is 1. The van der Waals surface area contributed by atoms with Crippen molar-refractivity contribution in [2.75, 3.05) is 19.6 Å². The first-order chi connectivity index (χ1) is 11.9. The van der Waals surface area contributed by atoms with Crippen molar-refractivity contribution in [1.29, 1.82) is 0 Å². The number of hydrogen-bond acceptors (Lipinski definition) is 3. The van der Waals surface area contributed by atoms with Crippen molar-refractivity contribution in [1.82, 2.24) is 10.2 Å². The first kappa shape index (κ1) is 16.4. The summed E-state index contributed by atoms with van der Waals surface area (Å²) in [6.07, 6.45) is 1.91. The maximum atomic E-state index is 13.7. The third-order valence-corrected chi connectivity index (χ3v) is 5.90. The van der Waals surface area contributed by atoms with Crippen molar-refractivity contribution < 1.29 is 23.1 Å². The quantitative estimate of drug-likeness (QED) is 0.903. The van der Waals surface area contributed by atoms with Crippen LogP contribution < -0.4 is 5.32 Å². The van der Waals surface area contributed by atoms with Crippen LogP contribution in [0.3, 0.4) is 0 Å². The van der Waals surface area contributed by atoms with Crippen LogP contribution in [0.4, 0.5) is 8.78 Å². The molecule has 4 atom stereocenters. The van der Waals surface area contributed by atoms with Crippen LogP contribution in [-0.2, 0) is 9.53 Å². The lowest BCUT2D eigenvalue weighted by Gasteiger charge is -2.29. The minimum Gasteiger partial charge on any atom is -0.369 e. The van der Waals surface area contributed by atoms with E-state index in [9.17, 15) is 18.4 Å². The lowest BCUT2D eigenvalue weighted by Crippen LogP contribution is -2.42. The molecule has 3 saturated heterocycles. The fraction of sp³-hybridized carbons (Fsp3) is 0.556. The lowest BCUT2D eigenvalue weighted by atomic mass is 9.73. The summed E-state index contributed by atoms with van der Waals surface area (Å²) in [4.78, 5) is 25.7. The van der Waals surface area contributed by atoms with E-state index < -0.39 is 17.5 Å². The standard InChI is InChI=1S/C18H20F2N2O3/c1-10(23)22-8-14-13(16-4-5-18(14,9-22)25-16)7-21-17(24)12-3-2-11(19)6-15(12)20/h2-3,6,13-14,16H,4-5,7-9H2,1H3,(H,21,24)/t13-,14+,16+,18+/m0/s1. The van der Waals surface area contributed by atoms with Gasteiger partial charge in [-0.1, -0.05) is 0 Å². The van der Waals surface area contributed by atoms with E-state index in [0.29, 0.717) is 25.7 Å². The first-order valence-corrected chi connectivity index (χ1v) is 8.56. The van der Waals surface area contributed by atoms with E-state index in [0.717, 1.165) is 25.0 Å². The smallest absolute Gasteiger partial charge is 0.254 e. The highest BCUT2D eigenvalue weighted by Crippen LogP contribution is 2.54. The molecule has 5 nitrogen and oxygen atoms in total. The predicted octanol–water partition coefficient (Wildman–Crippen LogP) is 1.72. The molecule has 3 aliphatic heterocycles. The zero-order valence-electron chi connectivity index (χ0n) is 13.9. The number of fused-ring (bicyclic) bond motifs is 1. The topological polar surface area (TPSA) is 58.6 Å². The van der Waals surface area contributed by atoms with Crippen molar-refractivity contribution in [3.8, 4) is 0 Å². The molecule has 0 aromatic heterocycles. The Labute approximate surface area is 144 Å². The minimum atomic E-state index is -0.873. The molecule has 0 aliphatic carbocycles. The second kappa shape index (κ2) is 5.76. The molecular formula is C18H20F2N2O3. The lowest BCUT2D eigenvalue weighted by molar-refractivity contribution is -0.129. The first-order valence-electron chi connectivity index (χ1n) is 8.56. The summed E-state index contributed by atoms with van der Waals surface area (Å²) in [6.45, 7) is 3.16. The number of benzene rings is 1. The maximum absolute atomic E-state index is 13.7. The molecule has 2 amide bonds. The Morgan fingerprint density at radius 3 is 2.92 bits per heavy atom. The molecule has 0 saturated carbocycles. The molecule has 2 bridgehead atoms. The van der Waals surface area contributed by atoms with E-state index in [1.807, 2.05) is 0 Å². The van der Waals surface area contributed by atoms with Gasteiger partial charge in [-0.3, -0.25) is 9.59 Å². The highest BCUT2D eigenvalue weighted by molar-refractivity contribution is 5.94. The zero-order valence-corrected chi connectivity index (χ0v) is 13.9. The number of nitrogens with zero attached hydrogens (tertiary/aromatic N) is 1. The molecule has 1 aromatic rings. The molecule has 7 heteroatoms. The molecule has 3 heterocycles. The van der Waals surface area contributed by atoms with Crippen molar-refractivity contribution in [3.63, 3.8) is 0 Å². The summed E-state index contributed by atoms with van der Waals surface area (Å²) in [5, 5.41) is 2.75. The number of likely N-dealkylation sites (tertiary alicyclic amines) is 1. The number of nitrogens with one attached hydrogen (secondary N) is 1. The van der Waals surface area contributed by atoms with Crippen LogP contribution in [0.5, 0.6) is 0 Å². The fourth-order valence-electron chi connectivity index (χ4n) is 4.68. The fourth-order valence-corrected chi connectivity index (χ4v) is 4.68. The Morgan fingerprint density at radius 2 is 2.20 bits per heavy atom. The normalized spacial score (nSPS) is 32.8. The summed E-state index contributed by atoms with van der Waals surface area (Å²) in [5.41, 5.74) is -0.454. The summed E-state index contributed by atoms with van der Waals surface area (Å²) in [7, 11) is 0. The number of ether oxygens (including phenoxy) is 1. The van der Waals surface area contributed by atoms with Gasteiger partial charge in [-0.2, -0.15) is 0 Å². The van der Waals surface area contributed by atoms with E-state index in [-0.39, 0.29) is 35.0 Å². The molecule has 4 rings (SSSR count). The van der Waals surface area contributed by atoms with Gasteiger partial charge >= 0.3 is 0 Å². The van der Waals surface area contributed by atoms with Crippen molar-refractivity contribution >= 4 is 11.8 Å². The van der Waals surface area contributed by atoms with Crippen LogP contribution >= 0.6 is 0 Å². The van der Waals surface area contributed by atoms with Crippen molar-refractivity contribution in [2.24, 2.45) is 11.8 Å². The van der Waals surface area contributed by atoms with Crippen LogP contribution in [0.15, 0.2) is 18.2 Å². The van der Waals surface area contributed by atoms with Gasteiger partial charge in [-0.05, 0) is 25.0 Å². The molecule has 3 fully saturated rings. The number of carbonyl (C=O) groups is 2. The third-order valence-electron chi connectivity index (χ3n) is 5.90. The molecule has 134 valence electrons. The van der Waals surface area contributed by atoms with E-state index in [1.165, 1.54) is 0 Å². The number of carbonyl (C=O) groups excluding carboxylic acids is 2. The predicted molar refractivity (Wildman–Crippen MR) is 84.8 cm³/mol. The van der Waals surface area contributed by atoms with Gasteiger partial charge in [0.15, 0.2) is 0 Å². The second-order valence-electron chi connectivity index (χ2n) is 7.26. The Balaban J connectivity index is 1.45. The van der Waals surface area contributed by atoms with Crippen LogP contribution in [0.1, 0.15) is 30.1 Å².